The van der Waals surface area contributed by atoms with Crippen molar-refractivity contribution in [2.75, 3.05) is 23.0 Å². The predicted octanol–water partition coefficient (Wildman–Crippen LogP) is 4.07. The Balaban J connectivity index is 1.45. The van der Waals surface area contributed by atoms with Gasteiger partial charge >= 0.3 is 0 Å². The quantitative estimate of drug-likeness (QED) is 0.639. The van der Waals surface area contributed by atoms with Crippen molar-refractivity contribution < 1.29 is 22.7 Å². The van der Waals surface area contributed by atoms with Crippen LogP contribution in [0.15, 0.2) is 65.6 Å². The van der Waals surface area contributed by atoms with Gasteiger partial charge in [0.25, 0.3) is 15.9 Å². The third kappa shape index (κ3) is 3.47. The first-order valence-corrected chi connectivity index (χ1v) is 11.4. The summed E-state index contributed by atoms with van der Waals surface area (Å²) < 4.78 is 38.6. The largest absolute Gasteiger partial charge is 0.454 e. The highest BCUT2D eigenvalue weighted by atomic mass is 35.5. The summed E-state index contributed by atoms with van der Waals surface area (Å²) in [5, 5.41) is 2.80. The van der Waals surface area contributed by atoms with Gasteiger partial charge in [-0.2, -0.15) is 0 Å². The maximum absolute atomic E-state index is 13.4. The molecule has 0 fully saturated rings. The zero-order valence-electron chi connectivity index (χ0n) is 16.2. The van der Waals surface area contributed by atoms with E-state index in [9.17, 15) is 13.2 Å². The van der Waals surface area contributed by atoms with Crippen molar-refractivity contribution in [1.82, 2.24) is 0 Å². The van der Waals surface area contributed by atoms with Gasteiger partial charge in [-0.1, -0.05) is 29.8 Å². The number of hydrogen-bond acceptors (Lipinski definition) is 5. The number of nitrogens with zero attached hydrogens (tertiary/aromatic N) is 1. The number of carbonyl (C=O) groups is 1. The first kappa shape index (κ1) is 19.7. The van der Waals surface area contributed by atoms with Crippen LogP contribution in [0.25, 0.3) is 0 Å². The summed E-state index contributed by atoms with van der Waals surface area (Å²) >= 11 is 6.25. The molecule has 2 aliphatic rings. The molecule has 2 heterocycles. The molecular formula is C22H17ClN2O5S. The topological polar surface area (TPSA) is 84.9 Å². The Kier molecular flexibility index (Phi) is 4.75. The van der Waals surface area contributed by atoms with E-state index < -0.39 is 15.9 Å². The third-order valence-electron chi connectivity index (χ3n) is 5.24. The molecule has 0 spiro atoms. The summed E-state index contributed by atoms with van der Waals surface area (Å²) in [5.74, 6) is 0.669. The molecule has 1 N–H and O–H groups in total. The van der Waals surface area contributed by atoms with Gasteiger partial charge in [-0.05, 0) is 48.4 Å². The highest BCUT2D eigenvalue weighted by Crippen LogP contribution is 2.36. The van der Waals surface area contributed by atoms with E-state index in [4.69, 9.17) is 21.1 Å². The minimum absolute atomic E-state index is 0.0593. The van der Waals surface area contributed by atoms with E-state index in [-0.39, 0.29) is 22.3 Å². The summed E-state index contributed by atoms with van der Waals surface area (Å²) in [5.41, 5.74) is 2.27. The van der Waals surface area contributed by atoms with E-state index >= 15 is 0 Å². The van der Waals surface area contributed by atoms with Crippen LogP contribution in [0.5, 0.6) is 11.5 Å². The molecule has 0 bridgehead atoms. The monoisotopic (exact) mass is 456 g/mol. The van der Waals surface area contributed by atoms with Crippen LogP contribution >= 0.6 is 11.6 Å². The summed E-state index contributed by atoms with van der Waals surface area (Å²) in [4.78, 5) is 12.7. The Hall–Kier alpha value is -3.23. The average Bonchev–Trinajstić information content (AvgIpc) is 3.40. The van der Waals surface area contributed by atoms with Gasteiger partial charge in [0.2, 0.25) is 6.79 Å². The molecule has 9 heteroatoms. The van der Waals surface area contributed by atoms with Crippen LogP contribution in [0.4, 0.5) is 11.4 Å². The maximum atomic E-state index is 13.4. The molecule has 0 aliphatic carbocycles. The van der Waals surface area contributed by atoms with Crippen LogP contribution in [0.2, 0.25) is 5.02 Å². The SMILES string of the molecule is O=C(Nc1ccc2c(c1)OCO2)c1ccc(Cl)c(S(=O)(=O)N2CCc3ccccc32)c1. The lowest BCUT2D eigenvalue weighted by atomic mass is 10.2. The van der Waals surface area contributed by atoms with E-state index in [0.717, 1.165) is 5.56 Å². The van der Waals surface area contributed by atoms with Crippen molar-refractivity contribution >= 4 is 38.9 Å². The molecule has 0 saturated carbocycles. The number of amides is 1. The van der Waals surface area contributed by atoms with Crippen molar-refractivity contribution in [2.24, 2.45) is 0 Å². The van der Waals surface area contributed by atoms with Crippen LogP contribution < -0.4 is 19.1 Å². The maximum Gasteiger partial charge on any atom is 0.265 e. The number of ether oxygens (including phenoxy) is 2. The lowest BCUT2D eigenvalue weighted by Crippen LogP contribution is -2.29. The number of fused-ring (bicyclic) bond motifs is 2. The molecule has 158 valence electrons. The highest BCUT2D eigenvalue weighted by molar-refractivity contribution is 7.93. The van der Waals surface area contributed by atoms with Gasteiger partial charge in [-0.25, -0.2) is 8.42 Å². The molecule has 0 atom stereocenters. The number of halogens is 1. The highest BCUT2D eigenvalue weighted by Gasteiger charge is 2.32. The number of sulfonamides is 1. The number of benzene rings is 3. The fourth-order valence-electron chi connectivity index (χ4n) is 3.70. The Labute approximate surface area is 184 Å². The van der Waals surface area contributed by atoms with Gasteiger partial charge in [-0.3, -0.25) is 9.10 Å². The third-order valence-corrected chi connectivity index (χ3v) is 7.53. The molecule has 1 amide bonds. The second kappa shape index (κ2) is 7.47. The van der Waals surface area contributed by atoms with Gasteiger partial charge in [0.15, 0.2) is 11.5 Å². The molecular weight excluding hydrogens is 440 g/mol. The molecule has 5 rings (SSSR count). The van der Waals surface area contributed by atoms with Gasteiger partial charge < -0.3 is 14.8 Å². The van der Waals surface area contributed by atoms with E-state index in [0.29, 0.717) is 35.8 Å². The summed E-state index contributed by atoms with van der Waals surface area (Å²) in [6.45, 7) is 0.455. The first-order valence-electron chi connectivity index (χ1n) is 9.55. The molecule has 0 aromatic heterocycles. The average molecular weight is 457 g/mol. The molecule has 0 unspecified atom stereocenters. The number of carbonyl (C=O) groups excluding carboxylic acids is 1. The standard InChI is InChI=1S/C22H17ClN2O5S/c23-17-7-5-15(22(26)24-16-6-8-19-20(12-16)30-13-29-19)11-21(17)31(27,28)25-10-9-14-3-1-2-4-18(14)25/h1-8,11-12H,9-10,13H2,(H,24,26). The van der Waals surface area contributed by atoms with Gasteiger partial charge in [-0.15, -0.1) is 0 Å². The van der Waals surface area contributed by atoms with Crippen molar-refractivity contribution in [3.63, 3.8) is 0 Å². The number of rotatable bonds is 4. The summed E-state index contributed by atoms with van der Waals surface area (Å²) in [7, 11) is -3.93. The second-order valence-corrected chi connectivity index (χ2v) is 9.36. The number of hydrogen-bond donors (Lipinski definition) is 1. The van der Waals surface area contributed by atoms with Crippen molar-refractivity contribution in [3.8, 4) is 11.5 Å². The molecule has 0 radical (unpaired) electrons. The Morgan fingerprint density at radius 2 is 1.81 bits per heavy atom. The number of nitrogens with one attached hydrogen (secondary N) is 1. The molecule has 0 saturated heterocycles. The summed E-state index contributed by atoms with van der Waals surface area (Å²) in [6, 6.07) is 16.6. The molecule has 7 nitrogen and oxygen atoms in total. The Bertz CT molecular complexity index is 1310. The molecule has 2 aliphatic heterocycles. The first-order chi connectivity index (χ1) is 14.9. The molecule has 3 aromatic carbocycles. The number of para-hydroxylation sites is 1. The van der Waals surface area contributed by atoms with Crippen LogP contribution in [0.1, 0.15) is 15.9 Å². The summed E-state index contributed by atoms with van der Waals surface area (Å²) in [6.07, 6.45) is 0.622. The van der Waals surface area contributed by atoms with Crippen LogP contribution in [-0.2, 0) is 16.4 Å². The number of anilines is 2. The van der Waals surface area contributed by atoms with Crippen LogP contribution in [0, 0.1) is 0 Å². The van der Waals surface area contributed by atoms with Crippen molar-refractivity contribution in [3.05, 3.63) is 76.8 Å². The zero-order valence-corrected chi connectivity index (χ0v) is 17.7. The van der Waals surface area contributed by atoms with E-state index in [1.54, 1.807) is 30.3 Å². The minimum Gasteiger partial charge on any atom is -0.454 e. The zero-order chi connectivity index (χ0) is 21.6. The smallest absolute Gasteiger partial charge is 0.265 e. The van der Waals surface area contributed by atoms with Crippen LogP contribution in [-0.4, -0.2) is 27.7 Å². The fraction of sp³-hybridized carbons (Fsp3) is 0.136. The second-order valence-electron chi connectivity index (χ2n) is 7.12. The lowest BCUT2D eigenvalue weighted by Gasteiger charge is -2.20. The van der Waals surface area contributed by atoms with E-state index in [1.807, 2.05) is 12.1 Å². The van der Waals surface area contributed by atoms with E-state index in [1.165, 1.54) is 22.5 Å². The Morgan fingerprint density at radius 3 is 2.68 bits per heavy atom. The molecule has 3 aromatic rings. The molecule has 31 heavy (non-hydrogen) atoms. The normalized spacial score (nSPS) is 14.4. The van der Waals surface area contributed by atoms with Crippen molar-refractivity contribution in [1.29, 1.82) is 0 Å². The Morgan fingerprint density at radius 1 is 1.00 bits per heavy atom. The van der Waals surface area contributed by atoms with E-state index in [2.05, 4.69) is 5.32 Å². The van der Waals surface area contributed by atoms with Gasteiger partial charge in [0.1, 0.15) is 4.90 Å². The predicted molar refractivity (Wildman–Crippen MR) is 117 cm³/mol. The fourth-order valence-corrected chi connectivity index (χ4v) is 5.70. The van der Waals surface area contributed by atoms with Crippen molar-refractivity contribution in [2.45, 2.75) is 11.3 Å². The van der Waals surface area contributed by atoms with Crippen LogP contribution in [0.3, 0.4) is 0 Å². The van der Waals surface area contributed by atoms with Gasteiger partial charge in [0.05, 0.1) is 10.7 Å². The van der Waals surface area contributed by atoms with Gasteiger partial charge in [0, 0.05) is 23.9 Å². The lowest BCUT2D eigenvalue weighted by molar-refractivity contribution is 0.102. The minimum atomic E-state index is -3.93.